The molecule has 3 heteroatoms. The van der Waals surface area contributed by atoms with Crippen molar-refractivity contribution in [2.24, 2.45) is 0 Å². The van der Waals surface area contributed by atoms with E-state index < -0.39 is 0 Å². The van der Waals surface area contributed by atoms with Gasteiger partial charge in [0.05, 0.1) is 13.2 Å². The smallest absolute Gasteiger partial charge is 0.337 e. The molecule has 0 unspecified atom stereocenters. The molecule has 0 spiro atoms. The van der Waals surface area contributed by atoms with Crippen LogP contribution in [0.1, 0.15) is 84.0 Å². The first-order chi connectivity index (χ1) is 9.79. The fourth-order valence-electron chi connectivity index (χ4n) is 2.70. The molecule has 0 aromatic carbocycles. The number of epoxide rings is 1. The molecular weight excluding hydrogens is 252 g/mol. The molecule has 1 aliphatic heterocycles. The van der Waals surface area contributed by atoms with E-state index in [1.807, 2.05) is 0 Å². The normalized spacial score (nSPS) is 20.9. The van der Waals surface area contributed by atoms with Crippen molar-refractivity contribution in [2.45, 2.75) is 96.2 Å². The molecule has 1 saturated heterocycles. The third kappa shape index (κ3) is 7.88. The van der Waals surface area contributed by atoms with Gasteiger partial charge in [0.2, 0.25) is 0 Å². The molecule has 0 saturated carbocycles. The topological polar surface area (TPSA) is 38.8 Å². The summed E-state index contributed by atoms with van der Waals surface area (Å²) in [6.07, 6.45) is 15.8. The Kier molecular flexibility index (Phi) is 9.73. The van der Waals surface area contributed by atoms with Gasteiger partial charge < -0.3 is 9.47 Å². The van der Waals surface area contributed by atoms with Crippen LogP contribution in [0.5, 0.6) is 0 Å². The average Bonchev–Trinajstić information content (AvgIpc) is 3.23. The standard InChI is InChI=1S/C17H32O3/c1-3-4-5-6-7-8-9-10-11-12-13-14-15-16(20-15)17(18)19-2/h15-16H,3-14H2,1-2H3/t15-,16+/m0/s1. The summed E-state index contributed by atoms with van der Waals surface area (Å²) in [7, 11) is 1.42. The Bertz CT molecular complexity index is 253. The average molecular weight is 284 g/mol. The van der Waals surface area contributed by atoms with Gasteiger partial charge in [-0.1, -0.05) is 77.6 Å². The van der Waals surface area contributed by atoms with Crippen LogP contribution in [0, 0.1) is 0 Å². The van der Waals surface area contributed by atoms with Crippen LogP contribution in [-0.2, 0) is 14.3 Å². The molecule has 0 amide bonds. The van der Waals surface area contributed by atoms with Gasteiger partial charge in [-0.25, -0.2) is 4.79 Å². The van der Waals surface area contributed by atoms with Gasteiger partial charge in [-0.2, -0.15) is 0 Å². The third-order valence-electron chi connectivity index (χ3n) is 4.11. The summed E-state index contributed by atoms with van der Waals surface area (Å²) < 4.78 is 9.93. The van der Waals surface area contributed by atoms with Crippen LogP contribution in [-0.4, -0.2) is 25.3 Å². The molecule has 0 bridgehead atoms. The number of rotatable bonds is 13. The number of ether oxygens (including phenoxy) is 2. The number of carbonyl (C=O) groups excluding carboxylic acids is 1. The first-order valence-electron chi connectivity index (χ1n) is 8.53. The number of methoxy groups -OCH3 is 1. The molecular formula is C17H32O3. The van der Waals surface area contributed by atoms with Gasteiger partial charge in [0.15, 0.2) is 6.10 Å². The van der Waals surface area contributed by atoms with Crippen LogP contribution in [0.15, 0.2) is 0 Å². The molecule has 20 heavy (non-hydrogen) atoms. The Balaban J connectivity index is 1.75. The summed E-state index contributed by atoms with van der Waals surface area (Å²) >= 11 is 0. The Morgan fingerprint density at radius 1 is 0.900 bits per heavy atom. The molecule has 118 valence electrons. The minimum atomic E-state index is -0.261. The molecule has 1 rings (SSSR count). The highest BCUT2D eigenvalue weighted by Gasteiger charge is 2.45. The van der Waals surface area contributed by atoms with Crippen molar-refractivity contribution in [3.8, 4) is 0 Å². The van der Waals surface area contributed by atoms with Crippen LogP contribution < -0.4 is 0 Å². The first-order valence-corrected chi connectivity index (χ1v) is 8.53. The predicted octanol–water partition coefficient (Wildman–Crippen LogP) is 4.63. The van der Waals surface area contributed by atoms with Crippen LogP contribution in [0.2, 0.25) is 0 Å². The summed E-state index contributed by atoms with van der Waals surface area (Å²) in [5, 5.41) is 0. The minimum absolute atomic E-state index is 0.140. The summed E-state index contributed by atoms with van der Waals surface area (Å²) in [6.45, 7) is 2.26. The van der Waals surface area contributed by atoms with E-state index in [1.54, 1.807) is 0 Å². The SMILES string of the molecule is CCCCCCCCCCCCC[C@@H]1O[C@H]1C(=O)OC. The second kappa shape index (κ2) is 11.1. The monoisotopic (exact) mass is 284 g/mol. The molecule has 1 fully saturated rings. The summed E-state index contributed by atoms with van der Waals surface area (Å²) in [5.41, 5.74) is 0. The van der Waals surface area contributed by atoms with Gasteiger partial charge in [-0.15, -0.1) is 0 Å². The van der Waals surface area contributed by atoms with Crippen molar-refractivity contribution in [2.75, 3.05) is 7.11 Å². The van der Waals surface area contributed by atoms with Crippen LogP contribution in [0.4, 0.5) is 0 Å². The van der Waals surface area contributed by atoms with E-state index in [2.05, 4.69) is 11.7 Å². The van der Waals surface area contributed by atoms with E-state index in [-0.39, 0.29) is 18.2 Å². The Morgan fingerprint density at radius 2 is 1.40 bits per heavy atom. The summed E-state index contributed by atoms with van der Waals surface area (Å²) in [4.78, 5) is 11.1. The lowest BCUT2D eigenvalue weighted by Gasteiger charge is -2.02. The van der Waals surface area contributed by atoms with Gasteiger partial charge in [-0.3, -0.25) is 0 Å². The molecule has 1 aliphatic rings. The van der Waals surface area contributed by atoms with Crippen molar-refractivity contribution in [1.82, 2.24) is 0 Å². The second-order valence-corrected chi connectivity index (χ2v) is 5.94. The molecule has 0 N–H and O–H groups in total. The maximum absolute atomic E-state index is 11.1. The Labute approximate surface area is 124 Å². The van der Waals surface area contributed by atoms with Crippen molar-refractivity contribution in [3.05, 3.63) is 0 Å². The lowest BCUT2D eigenvalue weighted by molar-refractivity contribution is -0.142. The summed E-state index contributed by atoms with van der Waals surface area (Å²) in [5.74, 6) is -0.210. The number of hydrogen-bond acceptors (Lipinski definition) is 3. The van der Waals surface area contributed by atoms with Gasteiger partial charge >= 0.3 is 5.97 Å². The minimum Gasteiger partial charge on any atom is -0.467 e. The highest BCUT2D eigenvalue weighted by Crippen LogP contribution is 2.28. The first kappa shape index (κ1) is 17.5. The lowest BCUT2D eigenvalue weighted by Crippen LogP contribution is -2.11. The third-order valence-corrected chi connectivity index (χ3v) is 4.11. The fourth-order valence-corrected chi connectivity index (χ4v) is 2.70. The van der Waals surface area contributed by atoms with Gasteiger partial charge in [0.1, 0.15) is 0 Å². The van der Waals surface area contributed by atoms with E-state index in [0.29, 0.717) is 0 Å². The van der Waals surface area contributed by atoms with E-state index in [0.717, 1.165) is 6.42 Å². The Morgan fingerprint density at radius 3 is 1.90 bits per heavy atom. The van der Waals surface area contributed by atoms with Crippen LogP contribution >= 0.6 is 0 Å². The zero-order valence-electron chi connectivity index (χ0n) is 13.4. The number of unbranched alkanes of at least 4 members (excludes halogenated alkanes) is 10. The van der Waals surface area contributed by atoms with E-state index in [9.17, 15) is 4.79 Å². The van der Waals surface area contributed by atoms with Gasteiger partial charge in [0, 0.05) is 0 Å². The predicted molar refractivity (Wildman–Crippen MR) is 81.8 cm³/mol. The lowest BCUT2D eigenvalue weighted by atomic mass is 10.0. The summed E-state index contributed by atoms with van der Waals surface area (Å²) in [6, 6.07) is 0. The maximum Gasteiger partial charge on any atom is 0.337 e. The second-order valence-electron chi connectivity index (χ2n) is 5.94. The maximum atomic E-state index is 11.1. The van der Waals surface area contributed by atoms with E-state index in [1.165, 1.54) is 77.7 Å². The van der Waals surface area contributed by atoms with Crippen molar-refractivity contribution in [1.29, 1.82) is 0 Å². The van der Waals surface area contributed by atoms with Crippen molar-refractivity contribution >= 4 is 5.97 Å². The highest BCUT2D eigenvalue weighted by molar-refractivity contribution is 5.77. The molecule has 2 atom stereocenters. The number of carbonyl (C=O) groups is 1. The van der Waals surface area contributed by atoms with E-state index >= 15 is 0 Å². The molecule has 0 aromatic heterocycles. The van der Waals surface area contributed by atoms with E-state index in [4.69, 9.17) is 4.74 Å². The van der Waals surface area contributed by atoms with Crippen LogP contribution in [0.3, 0.4) is 0 Å². The van der Waals surface area contributed by atoms with Gasteiger partial charge in [0.25, 0.3) is 0 Å². The van der Waals surface area contributed by atoms with Crippen LogP contribution in [0.25, 0.3) is 0 Å². The largest absolute Gasteiger partial charge is 0.467 e. The zero-order valence-corrected chi connectivity index (χ0v) is 13.4. The number of hydrogen-bond donors (Lipinski definition) is 0. The molecule has 1 heterocycles. The molecule has 3 nitrogen and oxygen atoms in total. The fraction of sp³-hybridized carbons (Fsp3) is 0.941. The quantitative estimate of drug-likeness (QED) is 0.281. The van der Waals surface area contributed by atoms with Crippen molar-refractivity contribution < 1.29 is 14.3 Å². The molecule has 0 aromatic rings. The Hall–Kier alpha value is -0.570. The zero-order chi connectivity index (χ0) is 14.6. The van der Waals surface area contributed by atoms with Gasteiger partial charge in [-0.05, 0) is 6.42 Å². The van der Waals surface area contributed by atoms with Crippen molar-refractivity contribution in [3.63, 3.8) is 0 Å². The highest BCUT2D eigenvalue weighted by atomic mass is 16.6. The molecule has 0 radical (unpaired) electrons. The number of esters is 1. The molecule has 0 aliphatic carbocycles.